The standard InChI is InChI=1S/C16H27Cl2N5O3S/c1-11-9-23(10-12(2)26-11)27(24,25)6-5-20-16(19-3)21-8-13-7-14(17)15(18)22(13)4/h7,11-12H,5-6,8-10H2,1-4H3,(H2,19,20,21). The minimum atomic E-state index is -3.36. The van der Waals surface area contributed by atoms with Crippen LogP contribution in [0.25, 0.3) is 0 Å². The van der Waals surface area contributed by atoms with Crippen molar-refractivity contribution in [3.05, 3.63) is 21.9 Å². The van der Waals surface area contributed by atoms with Gasteiger partial charge in [0.05, 0.1) is 29.5 Å². The second kappa shape index (κ2) is 9.47. The molecule has 1 aromatic rings. The second-order valence-corrected chi connectivity index (χ2v) is 9.43. The Hall–Kier alpha value is -1.000. The quantitative estimate of drug-likeness (QED) is 0.516. The van der Waals surface area contributed by atoms with Crippen molar-refractivity contribution in [1.82, 2.24) is 19.5 Å². The van der Waals surface area contributed by atoms with Crippen LogP contribution in [0, 0.1) is 0 Å². The van der Waals surface area contributed by atoms with Gasteiger partial charge in [-0.1, -0.05) is 23.2 Å². The Morgan fingerprint density at radius 3 is 2.44 bits per heavy atom. The highest BCUT2D eigenvalue weighted by Gasteiger charge is 2.30. The van der Waals surface area contributed by atoms with Gasteiger partial charge in [0.1, 0.15) is 5.15 Å². The van der Waals surface area contributed by atoms with Gasteiger partial charge in [0.25, 0.3) is 0 Å². The van der Waals surface area contributed by atoms with Gasteiger partial charge in [-0.2, -0.15) is 4.31 Å². The van der Waals surface area contributed by atoms with Gasteiger partial charge in [0.2, 0.25) is 10.0 Å². The van der Waals surface area contributed by atoms with Gasteiger partial charge in [-0.05, 0) is 19.9 Å². The van der Waals surface area contributed by atoms with E-state index in [9.17, 15) is 8.42 Å². The van der Waals surface area contributed by atoms with E-state index < -0.39 is 10.0 Å². The Labute approximate surface area is 170 Å². The summed E-state index contributed by atoms with van der Waals surface area (Å²) in [6, 6.07) is 1.77. The van der Waals surface area contributed by atoms with Crippen molar-refractivity contribution >= 4 is 39.2 Å². The van der Waals surface area contributed by atoms with Gasteiger partial charge in [-0.15, -0.1) is 0 Å². The second-order valence-electron chi connectivity index (χ2n) is 6.58. The van der Waals surface area contributed by atoms with Gasteiger partial charge < -0.3 is 19.9 Å². The lowest BCUT2D eigenvalue weighted by atomic mass is 10.3. The summed E-state index contributed by atoms with van der Waals surface area (Å²) >= 11 is 12.1. The number of morpholine rings is 1. The molecule has 2 heterocycles. The number of halogens is 2. The average molecular weight is 440 g/mol. The molecule has 1 fully saturated rings. The number of aliphatic imine (C=N–C) groups is 1. The zero-order chi connectivity index (χ0) is 20.2. The summed E-state index contributed by atoms with van der Waals surface area (Å²) in [6.07, 6.45) is -0.204. The molecule has 2 rings (SSSR count). The van der Waals surface area contributed by atoms with E-state index in [1.807, 2.05) is 20.9 Å². The van der Waals surface area contributed by atoms with E-state index in [1.165, 1.54) is 4.31 Å². The van der Waals surface area contributed by atoms with Crippen molar-refractivity contribution < 1.29 is 13.2 Å². The molecule has 0 radical (unpaired) electrons. The Bertz CT molecular complexity index is 771. The minimum Gasteiger partial charge on any atom is -0.373 e. The van der Waals surface area contributed by atoms with Crippen molar-refractivity contribution in [3.8, 4) is 0 Å². The maximum atomic E-state index is 12.5. The fourth-order valence-corrected chi connectivity index (χ4v) is 4.85. The summed E-state index contributed by atoms with van der Waals surface area (Å²) in [4.78, 5) is 4.11. The molecule has 2 unspecified atom stereocenters. The Balaban J connectivity index is 1.84. The largest absolute Gasteiger partial charge is 0.373 e. The molecule has 1 aliphatic heterocycles. The summed E-state index contributed by atoms with van der Waals surface area (Å²) in [6.45, 7) is 5.22. The fraction of sp³-hybridized carbons (Fsp3) is 0.688. The van der Waals surface area contributed by atoms with E-state index in [-0.39, 0.29) is 24.5 Å². The molecular formula is C16H27Cl2N5O3S. The molecule has 1 aromatic heterocycles. The van der Waals surface area contributed by atoms with Crippen LogP contribution in [0.2, 0.25) is 10.2 Å². The van der Waals surface area contributed by atoms with E-state index >= 15 is 0 Å². The van der Waals surface area contributed by atoms with E-state index in [0.29, 0.717) is 35.8 Å². The summed E-state index contributed by atoms with van der Waals surface area (Å²) in [7, 11) is 0.0828. The predicted octanol–water partition coefficient (Wildman–Crippen LogP) is 1.44. The maximum Gasteiger partial charge on any atom is 0.216 e. The number of hydrogen-bond donors (Lipinski definition) is 2. The van der Waals surface area contributed by atoms with Crippen molar-refractivity contribution in [3.63, 3.8) is 0 Å². The Morgan fingerprint density at radius 2 is 1.93 bits per heavy atom. The van der Waals surface area contributed by atoms with Gasteiger partial charge in [-0.25, -0.2) is 8.42 Å². The molecule has 0 spiro atoms. The molecule has 154 valence electrons. The zero-order valence-electron chi connectivity index (χ0n) is 16.0. The number of guanidine groups is 1. The number of rotatable bonds is 6. The molecule has 27 heavy (non-hydrogen) atoms. The first-order chi connectivity index (χ1) is 12.6. The van der Waals surface area contributed by atoms with Gasteiger partial charge >= 0.3 is 0 Å². The van der Waals surface area contributed by atoms with E-state index in [0.717, 1.165) is 5.69 Å². The monoisotopic (exact) mass is 439 g/mol. The summed E-state index contributed by atoms with van der Waals surface area (Å²) < 4.78 is 34.0. The zero-order valence-corrected chi connectivity index (χ0v) is 18.3. The number of hydrogen-bond acceptors (Lipinski definition) is 4. The van der Waals surface area contributed by atoms with Crippen LogP contribution in [0.5, 0.6) is 0 Å². The number of ether oxygens (including phenoxy) is 1. The lowest BCUT2D eigenvalue weighted by Crippen LogP contribution is -2.50. The maximum absolute atomic E-state index is 12.5. The van der Waals surface area contributed by atoms with Gasteiger partial charge in [0, 0.05) is 39.4 Å². The van der Waals surface area contributed by atoms with Crippen LogP contribution < -0.4 is 10.6 Å². The number of aromatic nitrogens is 1. The van der Waals surface area contributed by atoms with Crippen LogP contribution in [0.1, 0.15) is 19.5 Å². The molecule has 1 aliphatic rings. The van der Waals surface area contributed by atoms with Crippen LogP contribution in [0.4, 0.5) is 0 Å². The highest BCUT2D eigenvalue weighted by atomic mass is 35.5. The van der Waals surface area contributed by atoms with Crippen molar-refractivity contribution in [2.24, 2.45) is 12.0 Å². The minimum absolute atomic E-state index is 0.0189. The highest BCUT2D eigenvalue weighted by molar-refractivity contribution is 7.89. The fourth-order valence-electron chi connectivity index (χ4n) is 2.94. The molecule has 2 N–H and O–H groups in total. The molecule has 0 saturated carbocycles. The molecular weight excluding hydrogens is 413 g/mol. The topological polar surface area (TPSA) is 88.0 Å². The normalized spacial score (nSPS) is 22.1. The smallest absolute Gasteiger partial charge is 0.216 e. The first kappa shape index (κ1) is 22.3. The Morgan fingerprint density at radius 1 is 1.30 bits per heavy atom. The number of sulfonamides is 1. The van der Waals surface area contributed by atoms with Crippen molar-refractivity contribution in [2.45, 2.75) is 32.6 Å². The van der Waals surface area contributed by atoms with Crippen LogP contribution in [0.3, 0.4) is 0 Å². The molecule has 0 aromatic carbocycles. The number of nitrogens with one attached hydrogen (secondary N) is 2. The SMILES string of the molecule is CN=C(NCCS(=O)(=O)N1CC(C)OC(C)C1)NCc1cc(Cl)c(Cl)n1C. The van der Waals surface area contributed by atoms with Crippen LogP contribution in [-0.2, 0) is 28.4 Å². The van der Waals surface area contributed by atoms with E-state index in [4.69, 9.17) is 27.9 Å². The molecule has 1 saturated heterocycles. The predicted molar refractivity (Wildman–Crippen MR) is 109 cm³/mol. The van der Waals surface area contributed by atoms with Crippen LogP contribution in [0.15, 0.2) is 11.1 Å². The summed E-state index contributed by atoms with van der Waals surface area (Å²) in [5.41, 5.74) is 0.886. The van der Waals surface area contributed by atoms with Gasteiger partial charge in [0.15, 0.2) is 5.96 Å². The molecule has 0 amide bonds. The Kier molecular flexibility index (Phi) is 7.82. The van der Waals surface area contributed by atoms with E-state index in [1.54, 1.807) is 17.7 Å². The number of nitrogens with zero attached hydrogens (tertiary/aromatic N) is 3. The first-order valence-corrected chi connectivity index (χ1v) is 11.1. The lowest BCUT2D eigenvalue weighted by Gasteiger charge is -2.34. The molecule has 0 bridgehead atoms. The average Bonchev–Trinajstić information content (AvgIpc) is 2.84. The third kappa shape index (κ3) is 5.99. The highest BCUT2D eigenvalue weighted by Crippen LogP contribution is 2.24. The van der Waals surface area contributed by atoms with Gasteiger partial charge in [-0.3, -0.25) is 4.99 Å². The molecule has 11 heteroatoms. The molecule has 8 nitrogen and oxygen atoms in total. The molecule has 2 atom stereocenters. The first-order valence-electron chi connectivity index (χ1n) is 8.71. The third-order valence-corrected chi connectivity index (χ3v) is 6.96. The van der Waals surface area contributed by atoms with Crippen molar-refractivity contribution in [2.75, 3.05) is 32.4 Å². The summed E-state index contributed by atoms with van der Waals surface area (Å²) in [5, 5.41) is 7.10. The van der Waals surface area contributed by atoms with Crippen LogP contribution in [-0.4, -0.2) is 67.9 Å². The van der Waals surface area contributed by atoms with E-state index in [2.05, 4.69) is 15.6 Å². The van der Waals surface area contributed by atoms with Crippen LogP contribution >= 0.6 is 23.2 Å². The third-order valence-electron chi connectivity index (χ3n) is 4.31. The van der Waals surface area contributed by atoms with Crippen molar-refractivity contribution in [1.29, 1.82) is 0 Å². The summed E-state index contributed by atoms with van der Waals surface area (Å²) in [5.74, 6) is 0.483. The molecule has 0 aliphatic carbocycles. The lowest BCUT2D eigenvalue weighted by molar-refractivity contribution is -0.0440.